The Kier molecular flexibility index (Phi) is 4.23. The van der Waals surface area contributed by atoms with Gasteiger partial charge in [-0.05, 0) is 44.4 Å². The lowest BCUT2D eigenvalue weighted by atomic mass is 9.66. The maximum Gasteiger partial charge on any atom is 0.310 e. The highest BCUT2D eigenvalue weighted by molar-refractivity contribution is 5.86. The number of amides is 1. The average molecular weight is 293 g/mol. The SMILES string of the molecule is O=C(CC1(C(=O)O)CCC1)N(CC1CCCCC1)C1CC1. The van der Waals surface area contributed by atoms with Crippen LogP contribution in [0.25, 0.3) is 0 Å². The van der Waals surface area contributed by atoms with E-state index in [-0.39, 0.29) is 12.3 Å². The molecule has 3 rings (SSSR count). The fourth-order valence-electron chi connectivity index (χ4n) is 3.95. The molecule has 0 aromatic carbocycles. The van der Waals surface area contributed by atoms with Crippen LogP contribution in [0.15, 0.2) is 0 Å². The van der Waals surface area contributed by atoms with Crippen LogP contribution >= 0.6 is 0 Å². The third-order valence-electron chi connectivity index (χ3n) is 5.74. The van der Waals surface area contributed by atoms with E-state index in [1.165, 1.54) is 32.1 Å². The Hall–Kier alpha value is -1.06. The molecule has 0 bridgehead atoms. The molecule has 0 heterocycles. The van der Waals surface area contributed by atoms with Crippen molar-refractivity contribution < 1.29 is 14.7 Å². The Labute approximate surface area is 126 Å². The zero-order valence-corrected chi connectivity index (χ0v) is 12.9. The molecule has 0 saturated heterocycles. The molecular weight excluding hydrogens is 266 g/mol. The van der Waals surface area contributed by atoms with Crippen molar-refractivity contribution in [3.8, 4) is 0 Å². The second kappa shape index (κ2) is 5.98. The Bertz CT molecular complexity index is 406. The second-order valence-electron chi connectivity index (χ2n) is 7.40. The lowest BCUT2D eigenvalue weighted by molar-refractivity contribution is -0.159. The Morgan fingerprint density at radius 2 is 1.67 bits per heavy atom. The van der Waals surface area contributed by atoms with E-state index in [0.29, 0.717) is 24.8 Å². The van der Waals surface area contributed by atoms with Crippen molar-refractivity contribution in [1.82, 2.24) is 4.90 Å². The molecule has 0 spiro atoms. The van der Waals surface area contributed by atoms with E-state index < -0.39 is 11.4 Å². The van der Waals surface area contributed by atoms with Crippen LogP contribution < -0.4 is 0 Å². The summed E-state index contributed by atoms with van der Waals surface area (Å²) in [5, 5.41) is 9.42. The van der Waals surface area contributed by atoms with Crippen molar-refractivity contribution in [2.45, 2.75) is 76.7 Å². The number of hydrogen-bond acceptors (Lipinski definition) is 2. The Morgan fingerprint density at radius 3 is 2.14 bits per heavy atom. The summed E-state index contributed by atoms with van der Waals surface area (Å²) in [4.78, 5) is 26.2. The number of carbonyl (C=O) groups excluding carboxylic acids is 1. The second-order valence-corrected chi connectivity index (χ2v) is 7.40. The summed E-state index contributed by atoms with van der Waals surface area (Å²) in [6.07, 6.45) is 11.1. The van der Waals surface area contributed by atoms with Gasteiger partial charge in [0.25, 0.3) is 0 Å². The van der Waals surface area contributed by atoms with Gasteiger partial charge in [0.1, 0.15) is 0 Å². The highest BCUT2D eigenvalue weighted by atomic mass is 16.4. The summed E-state index contributed by atoms with van der Waals surface area (Å²) in [6, 6.07) is 0.408. The van der Waals surface area contributed by atoms with Crippen LogP contribution in [0.5, 0.6) is 0 Å². The molecule has 3 saturated carbocycles. The third kappa shape index (κ3) is 3.24. The molecule has 0 aromatic rings. The van der Waals surface area contributed by atoms with E-state index in [1.807, 2.05) is 4.90 Å². The molecule has 0 radical (unpaired) electrons. The molecule has 3 fully saturated rings. The lowest BCUT2D eigenvalue weighted by Gasteiger charge is -2.39. The summed E-state index contributed by atoms with van der Waals surface area (Å²) in [7, 11) is 0. The fourth-order valence-corrected chi connectivity index (χ4v) is 3.95. The van der Waals surface area contributed by atoms with Gasteiger partial charge in [-0.2, -0.15) is 0 Å². The first kappa shape index (κ1) is 14.9. The van der Waals surface area contributed by atoms with Gasteiger partial charge in [-0.3, -0.25) is 9.59 Å². The summed E-state index contributed by atoms with van der Waals surface area (Å²) >= 11 is 0. The van der Waals surface area contributed by atoms with E-state index in [9.17, 15) is 14.7 Å². The Balaban J connectivity index is 1.60. The van der Waals surface area contributed by atoms with Crippen LogP contribution in [-0.2, 0) is 9.59 Å². The predicted octanol–water partition coefficient (Wildman–Crippen LogP) is 3.20. The largest absolute Gasteiger partial charge is 0.481 e. The van der Waals surface area contributed by atoms with Crippen molar-refractivity contribution in [2.75, 3.05) is 6.54 Å². The van der Waals surface area contributed by atoms with Gasteiger partial charge in [0.2, 0.25) is 5.91 Å². The van der Waals surface area contributed by atoms with Gasteiger partial charge in [0.15, 0.2) is 0 Å². The molecule has 0 aromatic heterocycles. The number of aliphatic carboxylic acids is 1. The molecule has 1 amide bonds. The standard InChI is InChI=1S/C17H27NO3/c19-15(11-17(16(20)21)9-4-10-17)18(14-7-8-14)12-13-5-2-1-3-6-13/h13-14H,1-12H2,(H,20,21). The number of hydrogen-bond donors (Lipinski definition) is 1. The smallest absolute Gasteiger partial charge is 0.310 e. The zero-order valence-electron chi connectivity index (χ0n) is 12.9. The molecule has 0 atom stereocenters. The molecule has 3 aliphatic rings. The topological polar surface area (TPSA) is 57.6 Å². The van der Waals surface area contributed by atoms with Gasteiger partial charge in [-0.25, -0.2) is 0 Å². The maximum absolute atomic E-state index is 12.7. The third-order valence-corrected chi connectivity index (χ3v) is 5.74. The van der Waals surface area contributed by atoms with Crippen molar-refractivity contribution in [3.63, 3.8) is 0 Å². The highest BCUT2D eigenvalue weighted by Crippen LogP contribution is 2.45. The van der Waals surface area contributed by atoms with Gasteiger partial charge >= 0.3 is 5.97 Å². The molecule has 21 heavy (non-hydrogen) atoms. The molecule has 118 valence electrons. The molecule has 0 unspecified atom stereocenters. The summed E-state index contributed by atoms with van der Waals surface area (Å²) in [5.74, 6) is -0.0221. The number of rotatable bonds is 6. The minimum atomic E-state index is -0.768. The quantitative estimate of drug-likeness (QED) is 0.818. The minimum absolute atomic E-state index is 0.102. The van der Waals surface area contributed by atoms with Crippen LogP contribution in [0.1, 0.15) is 70.6 Å². The number of carbonyl (C=O) groups is 2. The minimum Gasteiger partial charge on any atom is -0.481 e. The average Bonchev–Trinajstić information content (AvgIpc) is 3.25. The van der Waals surface area contributed by atoms with Crippen molar-refractivity contribution in [1.29, 1.82) is 0 Å². The van der Waals surface area contributed by atoms with Crippen molar-refractivity contribution in [3.05, 3.63) is 0 Å². The summed E-state index contributed by atoms with van der Waals surface area (Å²) in [6.45, 7) is 0.874. The molecule has 1 N–H and O–H groups in total. The van der Waals surface area contributed by atoms with Gasteiger partial charge in [-0.15, -0.1) is 0 Å². The van der Waals surface area contributed by atoms with E-state index in [0.717, 1.165) is 25.8 Å². The first-order valence-electron chi connectivity index (χ1n) is 8.64. The highest BCUT2D eigenvalue weighted by Gasteiger charge is 2.47. The van der Waals surface area contributed by atoms with Gasteiger partial charge < -0.3 is 10.0 Å². The van der Waals surface area contributed by atoms with E-state index in [2.05, 4.69) is 0 Å². The first-order valence-corrected chi connectivity index (χ1v) is 8.64. The number of carboxylic acids is 1. The van der Waals surface area contributed by atoms with Crippen LogP contribution in [-0.4, -0.2) is 34.5 Å². The summed E-state index contributed by atoms with van der Waals surface area (Å²) < 4.78 is 0. The lowest BCUT2D eigenvalue weighted by Crippen LogP contribution is -2.45. The molecule has 4 nitrogen and oxygen atoms in total. The van der Waals surface area contributed by atoms with Crippen molar-refractivity contribution >= 4 is 11.9 Å². The monoisotopic (exact) mass is 293 g/mol. The normalized spacial score (nSPS) is 25.1. The molecule has 3 aliphatic carbocycles. The van der Waals surface area contributed by atoms with Gasteiger partial charge in [-0.1, -0.05) is 25.7 Å². The predicted molar refractivity (Wildman–Crippen MR) is 79.8 cm³/mol. The molecule has 4 heteroatoms. The summed E-state index contributed by atoms with van der Waals surface area (Å²) in [5.41, 5.74) is -0.739. The Morgan fingerprint density at radius 1 is 1.00 bits per heavy atom. The zero-order chi connectivity index (χ0) is 14.9. The maximum atomic E-state index is 12.7. The van der Waals surface area contributed by atoms with Crippen molar-refractivity contribution in [2.24, 2.45) is 11.3 Å². The number of nitrogens with zero attached hydrogens (tertiary/aromatic N) is 1. The van der Waals surface area contributed by atoms with Gasteiger partial charge in [0, 0.05) is 19.0 Å². The van der Waals surface area contributed by atoms with Gasteiger partial charge in [0.05, 0.1) is 5.41 Å². The van der Waals surface area contributed by atoms with Crippen LogP contribution in [0.4, 0.5) is 0 Å². The molecular formula is C17H27NO3. The van der Waals surface area contributed by atoms with Crippen LogP contribution in [0.2, 0.25) is 0 Å². The molecule has 0 aliphatic heterocycles. The van der Waals surface area contributed by atoms with E-state index >= 15 is 0 Å². The van der Waals surface area contributed by atoms with Crippen LogP contribution in [0.3, 0.4) is 0 Å². The van der Waals surface area contributed by atoms with E-state index in [4.69, 9.17) is 0 Å². The van der Waals surface area contributed by atoms with Crippen LogP contribution in [0, 0.1) is 11.3 Å². The number of carboxylic acid groups (broad SMARTS) is 1. The van der Waals surface area contributed by atoms with E-state index in [1.54, 1.807) is 0 Å². The first-order chi connectivity index (χ1) is 10.1. The fraction of sp³-hybridized carbons (Fsp3) is 0.882.